The van der Waals surface area contributed by atoms with E-state index in [1.54, 1.807) is 10.9 Å². The molecule has 0 spiro atoms. The van der Waals surface area contributed by atoms with Crippen LogP contribution in [0.1, 0.15) is 26.2 Å². The predicted molar refractivity (Wildman–Crippen MR) is 58.7 cm³/mol. The summed E-state index contributed by atoms with van der Waals surface area (Å²) in [7, 11) is 0. The predicted octanol–water partition coefficient (Wildman–Crippen LogP) is -0.884. The first-order valence-corrected chi connectivity index (χ1v) is 5.72. The maximum absolute atomic E-state index is 12.3. The Hall–Kier alpha value is -1.84. The molecule has 7 nitrogen and oxygen atoms in total. The van der Waals surface area contributed by atoms with E-state index in [9.17, 15) is 27.6 Å². The van der Waals surface area contributed by atoms with Gasteiger partial charge in [0.1, 0.15) is 0 Å². The van der Waals surface area contributed by atoms with Gasteiger partial charge in [0, 0.05) is 6.04 Å². The van der Waals surface area contributed by atoms with Gasteiger partial charge in [-0.05, 0) is 19.8 Å². The number of aliphatic hydroxyl groups is 1. The second-order valence-electron chi connectivity index (χ2n) is 4.70. The van der Waals surface area contributed by atoms with Crippen molar-refractivity contribution in [2.45, 2.75) is 44.0 Å². The fraction of sp³-hybridized carbons (Fsp3) is 0.700. The summed E-state index contributed by atoms with van der Waals surface area (Å²) in [5.41, 5.74) is 0.0622. The Bertz CT molecular complexity index is 418. The summed E-state index contributed by atoms with van der Waals surface area (Å²) in [6.45, 7) is 0.425. The van der Waals surface area contributed by atoms with Gasteiger partial charge in [-0.25, -0.2) is 0 Å². The molecular formula is C10H14F3N3O4. The highest BCUT2D eigenvalue weighted by molar-refractivity contribution is 6.35. The van der Waals surface area contributed by atoms with Crippen LogP contribution in [-0.2, 0) is 14.4 Å². The highest BCUT2D eigenvalue weighted by Crippen LogP contribution is 2.32. The third-order valence-electron chi connectivity index (χ3n) is 2.55. The second-order valence-corrected chi connectivity index (χ2v) is 4.70. The molecular weight excluding hydrogens is 283 g/mol. The van der Waals surface area contributed by atoms with E-state index in [4.69, 9.17) is 5.11 Å². The van der Waals surface area contributed by atoms with Crippen LogP contribution in [0.3, 0.4) is 0 Å². The van der Waals surface area contributed by atoms with E-state index in [0.717, 1.165) is 12.8 Å². The average molecular weight is 297 g/mol. The minimum absolute atomic E-state index is 0.0742. The van der Waals surface area contributed by atoms with Crippen LogP contribution in [0.4, 0.5) is 13.2 Å². The first-order chi connectivity index (χ1) is 9.03. The molecule has 1 saturated carbocycles. The first kappa shape index (κ1) is 16.2. The molecule has 0 unspecified atom stereocenters. The van der Waals surface area contributed by atoms with Crippen molar-refractivity contribution in [3.8, 4) is 0 Å². The second kappa shape index (κ2) is 5.65. The van der Waals surface area contributed by atoms with E-state index in [0.29, 0.717) is 6.92 Å². The number of carbonyl (C=O) groups is 3. The molecule has 1 fully saturated rings. The molecule has 20 heavy (non-hydrogen) atoms. The molecule has 0 aromatic heterocycles. The van der Waals surface area contributed by atoms with E-state index in [1.165, 1.54) is 0 Å². The fourth-order valence-electron chi connectivity index (χ4n) is 1.12. The van der Waals surface area contributed by atoms with Crippen molar-refractivity contribution in [3.05, 3.63) is 0 Å². The minimum atomic E-state index is -4.99. The molecule has 0 saturated heterocycles. The van der Waals surface area contributed by atoms with Gasteiger partial charge in [0.15, 0.2) is 5.60 Å². The van der Waals surface area contributed by atoms with Gasteiger partial charge in [0.2, 0.25) is 5.91 Å². The first-order valence-electron chi connectivity index (χ1n) is 5.72. The Morgan fingerprint density at radius 2 is 1.70 bits per heavy atom. The summed E-state index contributed by atoms with van der Waals surface area (Å²) in [6.07, 6.45) is -4.79. The van der Waals surface area contributed by atoms with Crippen molar-refractivity contribution < 1.29 is 32.7 Å². The van der Waals surface area contributed by atoms with Gasteiger partial charge in [0.25, 0.3) is 0 Å². The van der Waals surface area contributed by atoms with Crippen LogP contribution < -0.4 is 16.2 Å². The third kappa shape index (κ3) is 4.68. The Kier molecular flexibility index (Phi) is 4.58. The number of halogens is 3. The van der Waals surface area contributed by atoms with E-state index in [-0.39, 0.29) is 6.04 Å². The zero-order chi connectivity index (χ0) is 15.6. The highest BCUT2D eigenvalue weighted by atomic mass is 19.4. The van der Waals surface area contributed by atoms with Gasteiger partial charge in [0.05, 0.1) is 6.42 Å². The van der Waals surface area contributed by atoms with Crippen molar-refractivity contribution >= 4 is 17.7 Å². The lowest BCUT2D eigenvalue weighted by Crippen LogP contribution is -2.52. The molecule has 0 bridgehead atoms. The van der Waals surface area contributed by atoms with Gasteiger partial charge in [-0.1, -0.05) is 0 Å². The zero-order valence-corrected chi connectivity index (χ0v) is 10.5. The summed E-state index contributed by atoms with van der Waals surface area (Å²) < 4.78 is 36.9. The number of amides is 3. The molecule has 0 aromatic rings. The van der Waals surface area contributed by atoms with Crippen LogP contribution in [0.2, 0.25) is 0 Å². The lowest BCUT2D eigenvalue weighted by molar-refractivity contribution is -0.253. The topological polar surface area (TPSA) is 108 Å². The van der Waals surface area contributed by atoms with E-state index >= 15 is 0 Å². The van der Waals surface area contributed by atoms with Crippen LogP contribution in [0.15, 0.2) is 0 Å². The fourth-order valence-corrected chi connectivity index (χ4v) is 1.12. The number of carbonyl (C=O) groups excluding carboxylic acids is 3. The van der Waals surface area contributed by atoms with Crippen LogP contribution in [0.25, 0.3) is 0 Å². The minimum Gasteiger partial charge on any atom is -0.380 e. The van der Waals surface area contributed by atoms with Gasteiger partial charge >= 0.3 is 18.0 Å². The molecule has 114 valence electrons. The van der Waals surface area contributed by atoms with Crippen LogP contribution in [0, 0.1) is 0 Å². The Balaban J connectivity index is 2.35. The molecule has 1 aliphatic carbocycles. The number of hydrogen-bond donors (Lipinski definition) is 4. The Labute approximate surface area is 111 Å². The normalized spacial score (nSPS) is 17.9. The molecule has 10 heteroatoms. The molecule has 1 rings (SSSR count). The van der Waals surface area contributed by atoms with Crippen molar-refractivity contribution in [1.29, 1.82) is 0 Å². The number of hydrazine groups is 1. The number of alkyl halides is 3. The molecule has 0 aromatic carbocycles. The molecule has 4 N–H and O–H groups in total. The van der Waals surface area contributed by atoms with E-state index < -0.39 is 35.9 Å². The van der Waals surface area contributed by atoms with Gasteiger partial charge in [-0.15, -0.1) is 0 Å². The Morgan fingerprint density at radius 3 is 2.15 bits per heavy atom. The van der Waals surface area contributed by atoms with Crippen molar-refractivity contribution in [3.63, 3.8) is 0 Å². The van der Waals surface area contributed by atoms with Gasteiger partial charge in [-0.3, -0.25) is 25.2 Å². The number of nitrogens with one attached hydrogen (secondary N) is 3. The summed E-state index contributed by atoms with van der Waals surface area (Å²) in [5, 5.41) is 11.4. The largest absolute Gasteiger partial charge is 0.417 e. The summed E-state index contributed by atoms with van der Waals surface area (Å²) >= 11 is 0. The van der Waals surface area contributed by atoms with Crippen LogP contribution in [-0.4, -0.2) is 40.6 Å². The lowest BCUT2D eigenvalue weighted by Gasteiger charge is -2.25. The van der Waals surface area contributed by atoms with Gasteiger partial charge in [-0.2, -0.15) is 13.2 Å². The quantitative estimate of drug-likeness (QED) is 0.400. The zero-order valence-electron chi connectivity index (χ0n) is 10.5. The Morgan fingerprint density at radius 1 is 1.15 bits per heavy atom. The molecule has 0 heterocycles. The van der Waals surface area contributed by atoms with Crippen molar-refractivity contribution in [1.82, 2.24) is 16.2 Å². The third-order valence-corrected chi connectivity index (χ3v) is 2.55. The highest BCUT2D eigenvalue weighted by Gasteiger charge is 2.51. The maximum Gasteiger partial charge on any atom is 0.417 e. The van der Waals surface area contributed by atoms with E-state index in [1.807, 2.05) is 0 Å². The molecule has 0 radical (unpaired) electrons. The summed E-state index contributed by atoms with van der Waals surface area (Å²) in [4.78, 5) is 33.4. The van der Waals surface area contributed by atoms with E-state index in [2.05, 4.69) is 5.32 Å². The average Bonchev–Trinajstić information content (AvgIpc) is 3.07. The smallest absolute Gasteiger partial charge is 0.380 e. The standard InChI is InChI=1S/C10H14F3N3O4/c1-9(20,10(11,12)13)4-6(17)15-16-8(19)7(18)14-5-2-3-5/h5,20H,2-4H2,1H3,(H,14,18)(H,15,17)(H,16,19)/t9-/m0/s1. The lowest BCUT2D eigenvalue weighted by atomic mass is 10.0. The summed E-state index contributed by atoms with van der Waals surface area (Å²) in [5.74, 6) is -3.47. The number of hydrogen-bond acceptors (Lipinski definition) is 4. The monoisotopic (exact) mass is 297 g/mol. The van der Waals surface area contributed by atoms with Crippen LogP contribution in [0.5, 0.6) is 0 Å². The maximum atomic E-state index is 12.3. The van der Waals surface area contributed by atoms with Crippen molar-refractivity contribution in [2.24, 2.45) is 0 Å². The molecule has 0 aliphatic heterocycles. The molecule has 1 aliphatic rings. The number of rotatable bonds is 3. The van der Waals surface area contributed by atoms with Gasteiger partial charge < -0.3 is 10.4 Å². The molecule has 3 amide bonds. The SMILES string of the molecule is C[C@](O)(CC(=O)NNC(=O)C(=O)NC1CC1)C(F)(F)F. The molecule has 1 atom stereocenters. The van der Waals surface area contributed by atoms with Crippen LogP contribution >= 0.6 is 0 Å². The van der Waals surface area contributed by atoms with Crippen molar-refractivity contribution in [2.75, 3.05) is 0 Å². The summed E-state index contributed by atoms with van der Waals surface area (Å²) in [6, 6.07) is -0.0742.